The Hall–Kier alpha value is -0.930. The molecular formula is C9H9NOS. The zero-order valence-corrected chi connectivity index (χ0v) is 7.33. The van der Waals surface area contributed by atoms with Crippen molar-refractivity contribution in [1.29, 1.82) is 0 Å². The van der Waals surface area contributed by atoms with Crippen LogP contribution in [0.1, 0.15) is 0 Å². The van der Waals surface area contributed by atoms with Crippen LogP contribution in [0.4, 0.5) is 5.69 Å². The first-order valence-corrected chi connectivity index (χ1v) is 4.95. The van der Waals surface area contributed by atoms with Crippen molar-refractivity contribution in [3.8, 4) is 0 Å². The molecule has 2 rings (SSSR count). The highest BCUT2D eigenvalue weighted by Gasteiger charge is 2.21. The number of hydrogen-bond acceptors (Lipinski definition) is 2. The average Bonchev–Trinajstić information content (AvgIpc) is 2.53. The summed E-state index contributed by atoms with van der Waals surface area (Å²) in [4.78, 5) is 0. The van der Waals surface area contributed by atoms with E-state index < -0.39 is 11.4 Å². The molecule has 0 fully saturated rings. The maximum atomic E-state index is 11.3. The molecule has 0 radical (unpaired) electrons. The van der Waals surface area contributed by atoms with Gasteiger partial charge in [0, 0.05) is 0 Å². The van der Waals surface area contributed by atoms with Gasteiger partial charge in [-0.05, 0) is 18.2 Å². The standard InChI is InChI=1S/C9H9NOS/c11-12-8-4-7-10(12)9-5-2-1-3-6-9/h1-6,8H,7H2. The maximum absolute atomic E-state index is 11.3. The molecule has 0 bridgehead atoms. The van der Waals surface area contributed by atoms with E-state index in [0.717, 1.165) is 12.2 Å². The van der Waals surface area contributed by atoms with Crippen molar-refractivity contribution in [2.24, 2.45) is 0 Å². The lowest BCUT2D eigenvalue weighted by molar-refractivity contribution is 0.602. The smallest absolute Gasteiger partial charge is 0.142 e. The van der Waals surface area contributed by atoms with Crippen LogP contribution in [-0.4, -0.2) is 11.1 Å². The minimum atomic E-state index is -0.959. The van der Waals surface area contributed by atoms with Crippen LogP contribution in [0.2, 0.25) is 0 Å². The highest BCUT2D eigenvalue weighted by atomic mass is 32.2. The van der Waals surface area contributed by atoms with E-state index >= 15 is 0 Å². The van der Waals surface area contributed by atoms with Crippen LogP contribution in [0.3, 0.4) is 0 Å². The fraction of sp³-hybridized carbons (Fsp3) is 0.111. The summed E-state index contributed by atoms with van der Waals surface area (Å²) >= 11 is -0.959. The lowest BCUT2D eigenvalue weighted by Crippen LogP contribution is -2.24. The molecule has 62 valence electrons. The summed E-state index contributed by atoms with van der Waals surface area (Å²) in [5, 5.41) is 1.72. The highest BCUT2D eigenvalue weighted by molar-refractivity contribution is 7.95. The molecular weight excluding hydrogens is 170 g/mol. The first-order valence-electron chi connectivity index (χ1n) is 3.78. The van der Waals surface area contributed by atoms with Gasteiger partial charge >= 0.3 is 0 Å². The first kappa shape index (κ1) is 7.71. The van der Waals surface area contributed by atoms with Crippen LogP contribution in [-0.2, 0) is 11.4 Å². The van der Waals surface area contributed by atoms with Crippen molar-refractivity contribution in [3.63, 3.8) is 0 Å². The van der Waals surface area contributed by atoms with Gasteiger partial charge in [0.2, 0.25) is 0 Å². The largest absolute Gasteiger partial charge is 0.588 e. The highest BCUT2D eigenvalue weighted by Crippen LogP contribution is 2.21. The lowest BCUT2D eigenvalue weighted by atomic mass is 10.3. The van der Waals surface area contributed by atoms with Crippen LogP contribution in [0, 0.1) is 0 Å². The van der Waals surface area contributed by atoms with Crippen molar-refractivity contribution in [2.75, 3.05) is 10.8 Å². The summed E-state index contributed by atoms with van der Waals surface area (Å²) in [6.07, 6.45) is 1.92. The van der Waals surface area contributed by atoms with Crippen molar-refractivity contribution in [1.82, 2.24) is 0 Å². The normalized spacial score (nSPS) is 21.8. The number of hydrogen-bond donors (Lipinski definition) is 0. The monoisotopic (exact) mass is 179 g/mol. The number of anilines is 1. The van der Waals surface area contributed by atoms with E-state index in [0.29, 0.717) is 0 Å². The number of rotatable bonds is 1. The van der Waals surface area contributed by atoms with Gasteiger partial charge in [-0.15, -0.1) is 0 Å². The van der Waals surface area contributed by atoms with Crippen LogP contribution in [0.15, 0.2) is 41.8 Å². The molecule has 12 heavy (non-hydrogen) atoms. The van der Waals surface area contributed by atoms with E-state index in [1.54, 1.807) is 5.41 Å². The van der Waals surface area contributed by atoms with Gasteiger partial charge in [-0.3, -0.25) is 0 Å². The Labute approximate surface area is 74.8 Å². The summed E-state index contributed by atoms with van der Waals surface area (Å²) < 4.78 is 13.2. The Bertz CT molecular complexity index is 286. The SMILES string of the molecule is [O-][S+]1C=CCN1c1ccccc1. The Kier molecular flexibility index (Phi) is 2.06. The maximum Gasteiger partial charge on any atom is 0.142 e. The molecule has 0 aromatic heterocycles. The second-order valence-corrected chi connectivity index (χ2v) is 3.81. The van der Waals surface area contributed by atoms with Crippen molar-refractivity contribution >= 4 is 17.0 Å². The molecule has 0 amide bonds. The van der Waals surface area contributed by atoms with E-state index in [1.807, 2.05) is 40.7 Å². The van der Waals surface area contributed by atoms with Crippen molar-refractivity contribution < 1.29 is 4.55 Å². The Morgan fingerprint density at radius 1 is 1.25 bits per heavy atom. The van der Waals surface area contributed by atoms with Crippen LogP contribution >= 0.6 is 0 Å². The fourth-order valence-corrected chi connectivity index (χ4v) is 2.13. The fourth-order valence-electron chi connectivity index (χ4n) is 1.17. The van der Waals surface area contributed by atoms with Gasteiger partial charge in [0.05, 0.1) is 23.6 Å². The molecule has 0 saturated heterocycles. The van der Waals surface area contributed by atoms with Crippen LogP contribution in [0.5, 0.6) is 0 Å². The zero-order chi connectivity index (χ0) is 8.39. The Balaban J connectivity index is 2.22. The summed E-state index contributed by atoms with van der Waals surface area (Å²) in [5.41, 5.74) is 1.01. The second kappa shape index (κ2) is 3.21. The Morgan fingerprint density at radius 3 is 2.58 bits per heavy atom. The Morgan fingerprint density at radius 2 is 2.00 bits per heavy atom. The summed E-state index contributed by atoms with van der Waals surface area (Å²) in [5.74, 6) is 0. The van der Waals surface area contributed by atoms with Crippen LogP contribution < -0.4 is 4.31 Å². The molecule has 0 N–H and O–H groups in total. The summed E-state index contributed by atoms with van der Waals surface area (Å²) in [7, 11) is 0. The molecule has 0 saturated carbocycles. The molecule has 0 aliphatic carbocycles. The van der Waals surface area contributed by atoms with E-state index in [-0.39, 0.29) is 0 Å². The third-order valence-electron chi connectivity index (χ3n) is 1.75. The van der Waals surface area contributed by atoms with E-state index in [9.17, 15) is 4.55 Å². The predicted octanol–water partition coefficient (Wildman–Crippen LogP) is 1.68. The third kappa shape index (κ3) is 1.33. The average molecular weight is 179 g/mol. The first-order chi connectivity index (χ1) is 5.88. The molecule has 2 nitrogen and oxygen atoms in total. The minimum Gasteiger partial charge on any atom is -0.588 e. The van der Waals surface area contributed by atoms with E-state index in [1.165, 1.54) is 0 Å². The van der Waals surface area contributed by atoms with Gasteiger partial charge in [0.25, 0.3) is 0 Å². The van der Waals surface area contributed by atoms with Gasteiger partial charge in [-0.25, -0.2) is 0 Å². The van der Waals surface area contributed by atoms with Crippen molar-refractivity contribution in [3.05, 3.63) is 41.8 Å². The number of benzene rings is 1. The molecule has 1 aliphatic rings. The number of para-hydroxylation sites is 1. The van der Waals surface area contributed by atoms with Gasteiger partial charge in [-0.1, -0.05) is 18.2 Å². The molecule has 1 heterocycles. The molecule has 1 aliphatic heterocycles. The van der Waals surface area contributed by atoms with Gasteiger partial charge < -0.3 is 4.55 Å². The quantitative estimate of drug-likeness (QED) is 0.613. The van der Waals surface area contributed by atoms with Gasteiger partial charge in [-0.2, -0.15) is 4.31 Å². The molecule has 1 aromatic rings. The summed E-state index contributed by atoms with van der Waals surface area (Å²) in [6.45, 7) is 0.747. The topological polar surface area (TPSA) is 26.3 Å². The summed E-state index contributed by atoms with van der Waals surface area (Å²) in [6, 6.07) is 9.78. The molecule has 1 unspecified atom stereocenters. The van der Waals surface area contributed by atoms with E-state index in [4.69, 9.17) is 0 Å². The van der Waals surface area contributed by atoms with Crippen LogP contribution in [0.25, 0.3) is 0 Å². The van der Waals surface area contributed by atoms with E-state index in [2.05, 4.69) is 0 Å². The molecule has 1 atom stereocenters. The van der Waals surface area contributed by atoms with Gasteiger partial charge in [0.15, 0.2) is 0 Å². The lowest BCUT2D eigenvalue weighted by Gasteiger charge is -2.17. The van der Waals surface area contributed by atoms with Gasteiger partial charge in [0.1, 0.15) is 5.41 Å². The molecule has 3 heteroatoms. The van der Waals surface area contributed by atoms with Crippen molar-refractivity contribution in [2.45, 2.75) is 0 Å². The second-order valence-electron chi connectivity index (χ2n) is 2.54. The zero-order valence-electron chi connectivity index (χ0n) is 6.51. The molecule has 0 spiro atoms. The minimum absolute atomic E-state index is 0.747. The number of nitrogens with zero attached hydrogens (tertiary/aromatic N) is 1. The predicted molar refractivity (Wildman–Crippen MR) is 51.1 cm³/mol. The third-order valence-corrected chi connectivity index (χ3v) is 2.96. The molecule has 1 aromatic carbocycles.